The van der Waals surface area contributed by atoms with E-state index in [-0.39, 0.29) is 26.1 Å². The van der Waals surface area contributed by atoms with E-state index in [1.54, 1.807) is 30.3 Å². The van der Waals surface area contributed by atoms with Gasteiger partial charge in [0.1, 0.15) is 5.84 Å². The van der Waals surface area contributed by atoms with Gasteiger partial charge in [-0.1, -0.05) is 23.7 Å². The number of rotatable bonds is 0. The predicted octanol–water partition coefficient (Wildman–Crippen LogP) is 3.72. The van der Waals surface area contributed by atoms with Gasteiger partial charge in [0.15, 0.2) is 0 Å². The van der Waals surface area contributed by atoms with E-state index in [2.05, 4.69) is 10.3 Å². The lowest BCUT2D eigenvalue weighted by atomic mass is 10.1. The average Bonchev–Trinajstić information content (AvgIpc) is 2.81. The van der Waals surface area contributed by atoms with Crippen LogP contribution in [-0.2, 0) is 0 Å². The molecule has 0 atom stereocenters. The Morgan fingerprint density at radius 3 is 2.78 bits per heavy atom. The number of fused-ring (bicyclic) bond motifs is 2. The summed E-state index contributed by atoms with van der Waals surface area (Å²) in [7, 11) is 0. The standard InChI is InChI=1S/C18H19ClN4/c1-22-8-10-23(11-9-22)18-14-4-2-3-5-15(14)20-16-7-6-13(19)12-17(16)21-18/h2-7,12,20H,8-11H2,1H3/i1D3,8D2,9D2,10D2,11D2. The van der Waals surface area contributed by atoms with Crippen molar-refractivity contribution in [1.29, 1.82) is 0 Å². The van der Waals surface area contributed by atoms with E-state index >= 15 is 0 Å². The van der Waals surface area contributed by atoms with Gasteiger partial charge >= 0.3 is 0 Å². The number of nitrogens with one attached hydrogen (secondary N) is 1. The van der Waals surface area contributed by atoms with Gasteiger partial charge in [-0.2, -0.15) is 0 Å². The second-order valence-electron chi connectivity index (χ2n) is 4.89. The molecule has 4 rings (SSSR count). The number of nitrogens with zero attached hydrogens (tertiary/aromatic N) is 3. The molecular weight excluding hydrogens is 308 g/mol. The molecule has 0 aliphatic carbocycles. The third-order valence-electron chi connectivity index (χ3n) is 3.38. The van der Waals surface area contributed by atoms with Crippen molar-refractivity contribution in [3.63, 3.8) is 0 Å². The molecule has 1 saturated heterocycles. The first-order chi connectivity index (χ1) is 15.4. The van der Waals surface area contributed by atoms with Crippen LogP contribution in [-0.4, -0.2) is 48.6 Å². The number of amidine groups is 1. The van der Waals surface area contributed by atoms with Crippen molar-refractivity contribution in [2.45, 2.75) is 0 Å². The van der Waals surface area contributed by atoms with Gasteiger partial charge in [0, 0.05) is 51.9 Å². The van der Waals surface area contributed by atoms with E-state index in [4.69, 9.17) is 26.7 Å². The van der Waals surface area contributed by atoms with Crippen LogP contribution in [0.3, 0.4) is 0 Å². The number of halogens is 1. The molecule has 2 aromatic rings. The van der Waals surface area contributed by atoms with Crippen molar-refractivity contribution in [3.05, 3.63) is 53.1 Å². The Morgan fingerprint density at radius 1 is 1.13 bits per heavy atom. The molecule has 0 bridgehead atoms. The van der Waals surface area contributed by atoms with E-state index in [1.165, 1.54) is 12.1 Å². The summed E-state index contributed by atoms with van der Waals surface area (Å²) in [6, 6.07) is 11.0. The fourth-order valence-electron chi connectivity index (χ4n) is 2.34. The molecule has 5 heteroatoms. The minimum Gasteiger partial charge on any atom is -0.353 e. The Labute approximate surface area is 156 Å². The zero-order valence-corrected chi connectivity index (χ0v) is 12.5. The van der Waals surface area contributed by atoms with Crippen LogP contribution in [0.4, 0.5) is 17.1 Å². The van der Waals surface area contributed by atoms with Crippen LogP contribution >= 0.6 is 11.6 Å². The fraction of sp³-hybridized carbons (Fsp3) is 0.278. The van der Waals surface area contributed by atoms with Crippen molar-refractivity contribution in [3.8, 4) is 0 Å². The van der Waals surface area contributed by atoms with Gasteiger partial charge in [-0.25, -0.2) is 4.99 Å². The number of aliphatic imine (C=N–C) groups is 1. The number of para-hydroxylation sites is 1. The number of anilines is 2. The first-order valence-corrected chi connectivity index (χ1v) is 7.17. The lowest BCUT2D eigenvalue weighted by Crippen LogP contribution is -2.47. The van der Waals surface area contributed by atoms with Gasteiger partial charge in [0.2, 0.25) is 0 Å². The van der Waals surface area contributed by atoms with Crippen LogP contribution in [0.15, 0.2) is 47.5 Å². The van der Waals surface area contributed by atoms with E-state index in [1.807, 2.05) is 0 Å². The van der Waals surface area contributed by atoms with E-state index in [9.17, 15) is 0 Å². The molecule has 0 radical (unpaired) electrons. The SMILES string of the molecule is [2H]C([2H])([2H])N1C([2H])([2H])C([2H])([2H])N(C2=Nc3cc(Cl)ccc3Nc3ccccc32)C([2H])([2H])C1([2H])[2H]. The Balaban J connectivity index is 2.06. The molecule has 2 aliphatic heterocycles. The predicted molar refractivity (Wildman–Crippen MR) is 96.4 cm³/mol. The maximum Gasteiger partial charge on any atom is 0.138 e. The van der Waals surface area contributed by atoms with Gasteiger partial charge < -0.3 is 15.1 Å². The molecule has 1 N–H and O–H groups in total. The van der Waals surface area contributed by atoms with Crippen molar-refractivity contribution in [1.82, 2.24) is 9.80 Å². The van der Waals surface area contributed by atoms with Gasteiger partial charge in [-0.3, -0.25) is 0 Å². The highest BCUT2D eigenvalue weighted by molar-refractivity contribution is 6.31. The first-order valence-electron chi connectivity index (χ1n) is 12.3. The molecule has 2 aromatic carbocycles. The van der Waals surface area contributed by atoms with Crippen molar-refractivity contribution >= 4 is 34.5 Å². The molecule has 0 unspecified atom stereocenters. The first kappa shape index (κ1) is 6.83. The molecule has 2 aliphatic rings. The number of hydrogen-bond acceptors (Lipinski definition) is 4. The molecular formula is C18H19ClN4. The second kappa shape index (κ2) is 5.87. The smallest absolute Gasteiger partial charge is 0.138 e. The maximum absolute atomic E-state index is 8.60. The van der Waals surface area contributed by atoms with Crippen molar-refractivity contribution in [2.24, 2.45) is 4.99 Å². The summed E-state index contributed by atoms with van der Waals surface area (Å²) in [6.07, 6.45) is 0. The zero-order valence-electron chi connectivity index (χ0n) is 22.8. The summed E-state index contributed by atoms with van der Waals surface area (Å²) in [5.41, 5.74) is 1.13. The highest BCUT2D eigenvalue weighted by atomic mass is 35.5. The van der Waals surface area contributed by atoms with Gasteiger partial charge in [-0.05, 0) is 37.3 Å². The van der Waals surface area contributed by atoms with E-state index in [0.29, 0.717) is 11.4 Å². The van der Waals surface area contributed by atoms with Crippen LogP contribution in [0, 0.1) is 0 Å². The van der Waals surface area contributed by atoms with Crippen LogP contribution in [0.25, 0.3) is 0 Å². The van der Waals surface area contributed by atoms with E-state index < -0.39 is 38.8 Å². The number of benzene rings is 2. The molecule has 23 heavy (non-hydrogen) atoms. The number of likely N-dealkylation sites (N-methyl/N-ethyl adjacent to an activating group) is 1. The summed E-state index contributed by atoms with van der Waals surface area (Å²) in [5.74, 6) is -0.433. The Hall–Kier alpha value is -2.04. The minimum atomic E-state index is -3.51. The maximum atomic E-state index is 8.60. The third-order valence-corrected chi connectivity index (χ3v) is 3.62. The van der Waals surface area contributed by atoms with Crippen LogP contribution < -0.4 is 5.32 Å². The topological polar surface area (TPSA) is 30.9 Å². The van der Waals surface area contributed by atoms with E-state index in [0.717, 1.165) is 0 Å². The summed E-state index contributed by atoms with van der Waals surface area (Å²) in [4.78, 5) is 4.28. The lowest BCUT2D eigenvalue weighted by molar-refractivity contribution is 0.216. The quantitative estimate of drug-likeness (QED) is 0.794. The zero-order chi connectivity index (χ0) is 25.5. The summed E-state index contributed by atoms with van der Waals surface area (Å²) in [6.45, 7) is -17.3. The highest BCUT2D eigenvalue weighted by Crippen LogP contribution is 2.36. The normalized spacial score (nSPS) is 34.0. The van der Waals surface area contributed by atoms with Crippen molar-refractivity contribution < 1.29 is 15.1 Å². The van der Waals surface area contributed by atoms with Gasteiger partial charge in [0.05, 0.1) is 16.9 Å². The minimum absolute atomic E-state index is 0.150. The monoisotopic (exact) mass is 337 g/mol. The highest BCUT2D eigenvalue weighted by Gasteiger charge is 2.23. The molecule has 0 spiro atoms. The Kier molecular flexibility index (Phi) is 1.74. The van der Waals surface area contributed by atoms with Crippen LogP contribution in [0.2, 0.25) is 5.02 Å². The molecule has 1 fully saturated rings. The molecule has 4 nitrogen and oxygen atoms in total. The average molecular weight is 338 g/mol. The number of hydrogen-bond donors (Lipinski definition) is 1. The van der Waals surface area contributed by atoms with Gasteiger partial charge in [-0.15, -0.1) is 0 Å². The molecule has 2 heterocycles. The second-order valence-corrected chi connectivity index (χ2v) is 5.32. The fourth-order valence-corrected chi connectivity index (χ4v) is 2.51. The largest absolute Gasteiger partial charge is 0.353 e. The summed E-state index contributed by atoms with van der Waals surface area (Å²) in [5, 5.41) is 3.37. The number of piperazine rings is 1. The summed E-state index contributed by atoms with van der Waals surface area (Å²) >= 11 is 6.10. The van der Waals surface area contributed by atoms with Crippen LogP contribution in [0.1, 0.15) is 20.6 Å². The lowest BCUT2D eigenvalue weighted by Gasteiger charge is -2.34. The Bertz CT molecular complexity index is 1150. The molecule has 0 aromatic heterocycles. The van der Waals surface area contributed by atoms with Gasteiger partial charge in [0.25, 0.3) is 0 Å². The molecule has 118 valence electrons. The molecule has 0 saturated carbocycles. The Morgan fingerprint density at radius 2 is 1.96 bits per heavy atom. The third kappa shape index (κ3) is 2.80. The van der Waals surface area contributed by atoms with Crippen molar-refractivity contribution in [2.75, 3.05) is 38.3 Å². The van der Waals surface area contributed by atoms with Crippen LogP contribution in [0.5, 0.6) is 0 Å². The summed E-state index contributed by atoms with van der Waals surface area (Å²) < 4.78 is 90.8. The molecule has 0 amide bonds.